The molecule has 48 heavy (non-hydrogen) atoms. The summed E-state index contributed by atoms with van der Waals surface area (Å²) < 4.78 is 8.67. The first-order valence-corrected chi connectivity index (χ1v) is 16.0. The van der Waals surface area contributed by atoms with Gasteiger partial charge in [-0.1, -0.05) is 141 Å². The van der Waals surface area contributed by atoms with E-state index in [0.717, 1.165) is 50.0 Å². The number of fused-ring (bicyclic) bond motifs is 5. The van der Waals surface area contributed by atoms with Crippen LogP contribution in [0.5, 0.6) is 0 Å². The highest BCUT2D eigenvalue weighted by Gasteiger charge is 2.17. The molecule has 0 fully saturated rings. The van der Waals surface area contributed by atoms with E-state index in [2.05, 4.69) is 151 Å². The maximum atomic E-state index is 6.62. The number of pyridine rings is 1. The van der Waals surface area contributed by atoms with E-state index in [1.807, 2.05) is 24.4 Å². The smallest absolute Gasteiger partial charge is 0.143 e. The van der Waals surface area contributed by atoms with Gasteiger partial charge in [-0.3, -0.25) is 0 Å². The second-order valence-corrected chi connectivity index (χ2v) is 11.7. The molecule has 3 nitrogen and oxygen atoms in total. The molecule has 9 aromatic rings. The van der Waals surface area contributed by atoms with Crippen molar-refractivity contribution in [2.24, 2.45) is 0 Å². The summed E-state index contributed by atoms with van der Waals surface area (Å²) in [5.74, 6) is 0. The van der Waals surface area contributed by atoms with Crippen molar-refractivity contribution in [3.05, 3.63) is 183 Å². The van der Waals surface area contributed by atoms with Gasteiger partial charge in [-0.2, -0.15) is 0 Å². The monoisotopic (exact) mass is 616 g/mol. The number of nitrogens with zero attached hydrogens (tertiary/aromatic N) is 2. The third-order valence-corrected chi connectivity index (χ3v) is 8.81. The van der Waals surface area contributed by atoms with Gasteiger partial charge in [0.25, 0.3) is 0 Å². The van der Waals surface area contributed by atoms with Gasteiger partial charge in [-0.15, -0.1) is 0 Å². The maximum absolute atomic E-state index is 6.62. The highest BCUT2D eigenvalue weighted by Crippen LogP contribution is 2.42. The van der Waals surface area contributed by atoms with Crippen LogP contribution < -0.4 is 0 Å². The minimum Gasteiger partial charge on any atom is -0.455 e. The number of aromatic nitrogens is 2. The van der Waals surface area contributed by atoms with E-state index < -0.39 is 0 Å². The molecular weight excluding hydrogens is 585 g/mol. The van der Waals surface area contributed by atoms with Crippen molar-refractivity contribution in [3.8, 4) is 44.6 Å². The molecule has 3 heterocycles. The molecule has 0 amide bonds. The SMILES string of the molecule is C=CC=C.c1ccc(-c2ccc3oc4c(-c5ccc(-c6ccc(-c7cn8ccccc8n7)cc6)cc5)c5ccccc5cc4c3c2)cc1. The van der Waals surface area contributed by atoms with Crippen LogP contribution in [0.2, 0.25) is 0 Å². The fourth-order valence-corrected chi connectivity index (χ4v) is 6.41. The molecule has 0 atom stereocenters. The van der Waals surface area contributed by atoms with Crippen molar-refractivity contribution < 1.29 is 4.42 Å². The molecule has 0 radical (unpaired) electrons. The van der Waals surface area contributed by atoms with Gasteiger partial charge in [0, 0.05) is 34.3 Å². The predicted molar refractivity (Wildman–Crippen MR) is 202 cm³/mol. The highest BCUT2D eigenvalue weighted by atomic mass is 16.3. The number of hydrogen-bond acceptors (Lipinski definition) is 2. The lowest BCUT2D eigenvalue weighted by atomic mass is 9.93. The molecule has 9 rings (SSSR count). The van der Waals surface area contributed by atoms with Crippen molar-refractivity contribution in [3.63, 3.8) is 0 Å². The number of imidazole rings is 1. The van der Waals surface area contributed by atoms with Gasteiger partial charge in [0.2, 0.25) is 0 Å². The largest absolute Gasteiger partial charge is 0.455 e. The molecule has 3 heteroatoms. The van der Waals surface area contributed by atoms with Crippen LogP contribution >= 0.6 is 0 Å². The molecule has 6 aromatic carbocycles. The van der Waals surface area contributed by atoms with Crippen LogP contribution in [-0.2, 0) is 0 Å². The summed E-state index contributed by atoms with van der Waals surface area (Å²) in [6, 6.07) is 51.4. The van der Waals surface area contributed by atoms with Gasteiger partial charge in [0.15, 0.2) is 0 Å². The van der Waals surface area contributed by atoms with Crippen LogP contribution in [-0.4, -0.2) is 9.38 Å². The van der Waals surface area contributed by atoms with Gasteiger partial charge in [-0.25, -0.2) is 4.98 Å². The van der Waals surface area contributed by atoms with Crippen LogP contribution in [0.4, 0.5) is 0 Å². The van der Waals surface area contributed by atoms with E-state index in [1.165, 1.54) is 33.0 Å². The van der Waals surface area contributed by atoms with Gasteiger partial charge in [0.05, 0.1) is 5.69 Å². The van der Waals surface area contributed by atoms with Crippen molar-refractivity contribution in [1.82, 2.24) is 9.38 Å². The normalized spacial score (nSPS) is 11.1. The van der Waals surface area contributed by atoms with Crippen molar-refractivity contribution in [1.29, 1.82) is 0 Å². The Bertz CT molecular complexity index is 2530. The Morgan fingerprint density at radius 1 is 0.521 bits per heavy atom. The lowest BCUT2D eigenvalue weighted by Gasteiger charge is -2.10. The van der Waals surface area contributed by atoms with Crippen LogP contribution in [0, 0.1) is 0 Å². The summed E-state index contributed by atoms with van der Waals surface area (Å²) >= 11 is 0. The van der Waals surface area contributed by atoms with Gasteiger partial charge in [-0.05, 0) is 68.9 Å². The highest BCUT2D eigenvalue weighted by molar-refractivity contribution is 6.18. The second kappa shape index (κ2) is 12.4. The minimum atomic E-state index is 0.901. The molecule has 0 saturated heterocycles. The Hall–Kier alpha value is -6.45. The Morgan fingerprint density at radius 2 is 1.15 bits per heavy atom. The third kappa shape index (κ3) is 5.28. The van der Waals surface area contributed by atoms with E-state index in [9.17, 15) is 0 Å². The Balaban J connectivity index is 0.000000799. The van der Waals surface area contributed by atoms with Crippen molar-refractivity contribution >= 4 is 38.4 Å². The zero-order valence-electron chi connectivity index (χ0n) is 26.4. The zero-order chi connectivity index (χ0) is 32.5. The van der Waals surface area contributed by atoms with Crippen LogP contribution in [0.25, 0.3) is 83.0 Å². The summed E-state index contributed by atoms with van der Waals surface area (Å²) in [7, 11) is 0. The topological polar surface area (TPSA) is 30.4 Å². The molecule has 0 aliphatic carbocycles. The number of benzene rings is 6. The summed E-state index contributed by atoms with van der Waals surface area (Å²) in [6.07, 6.45) is 7.38. The third-order valence-electron chi connectivity index (χ3n) is 8.81. The average molecular weight is 617 g/mol. The Labute approximate surface area is 279 Å². The standard InChI is InChI=1S/C41H26N2O.C4H6/c1-2-8-27(9-3-1)32-21-22-38-35(24-32)36-25-33-10-4-5-11-34(33)40(41(36)44-38)31-19-15-29(16-20-31)28-13-17-30(18-14-28)37-26-43-23-7-6-12-39(43)42-37;1-3-4-2/h1-26H;3-4H,1-2H2. The van der Waals surface area contributed by atoms with Gasteiger partial charge >= 0.3 is 0 Å². The summed E-state index contributed by atoms with van der Waals surface area (Å²) in [5, 5.41) is 4.66. The van der Waals surface area contributed by atoms with Crippen molar-refractivity contribution in [2.75, 3.05) is 0 Å². The molecule has 0 bridgehead atoms. The Kier molecular flexibility index (Phi) is 7.48. The second-order valence-electron chi connectivity index (χ2n) is 11.7. The maximum Gasteiger partial charge on any atom is 0.143 e. The quantitative estimate of drug-likeness (QED) is 0.180. The first-order valence-electron chi connectivity index (χ1n) is 16.0. The van der Waals surface area contributed by atoms with E-state index in [4.69, 9.17) is 9.40 Å². The molecule has 0 spiro atoms. The molecule has 3 aromatic heterocycles. The molecule has 0 aliphatic heterocycles. The van der Waals surface area contributed by atoms with Crippen molar-refractivity contribution in [2.45, 2.75) is 0 Å². The molecule has 0 N–H and O–H groups in total. The lowest BCUT2D eigenvalue weighted by molar-refractivity contribution is 0.670. The van der Waals surface area contributed by atoms with E-state index >= 15 is 0 Å². The predicted octanol–water partition coefficient (Wildman–Crippen LogP) is 12.4. The summed E-state index contributed by atoms with van der Waals surface area (Å²) in [5.41, 5.74) is 11.8. The molecular formula is C45H32N2O. The fraction of sp³-hybridized carbons (Fsp3) is 0. The molecule has 0 unspecified atom stereocenters. The van der Waals surface area contributed by atoms with E-state index in [-0.39, 0.29) is 0 Å². The van der Waals surface area contributed by atoms with Gasteiger partial charge in [0.1, 0.15) is 16.8 Å². The number of hydrogen-bond donors (Lipinski definition) is 0. The molecule has 228 valence electrons. The first kappa shape index (κ1) is 29.0. The molecule has 0 saturated carbocycles. The van der Waals surface area contributed by atoms with Crippen LogP contribution in [0.15, 0.2) is 188 Å². The van der Waals surface area contributed by atoms with Crippen LogP contribution in [0.3, 0.4) is 0 Å². The summed E-state index contributed by atoms with van der Waals surface area (Å²) in [4.78, 5) is 4.77. The average Bonchev–Trinajstić information content (AvgIpc) is 3.76. The minimum absolute atomic E-state index is 0.901. The zero-order valence-corrected chi connectivity index (χ0v) is 26.4. The van der Waals surface area contributed by atoms with Crippen LogP contribution in [0.1, 0.15) is 0 Å². The fourth-order valence-electron chi connectivity index (χ4n) is 6.41. The van der Waals surface area contributed by atoms with E-state index in [0.29, 0.717) is 0 Å². The first-order chi connectivity index (χ1) is 23.7. The van der Waals surface area contributed by atoms with Gasteiger partial charge < -0.3 is 8.82 Å². The Morgan fingerprint density at radius 3 is 1.88 bits per heavy atom. The van der Waals surface area contributed by atoms with E-state index in [1.54, 1.807) is 12.2 Å². The number of allylic oxidation sites excluding steroid dienone is 2. The number of rotatable bonds is 5. The lowest BCUT2D eigenvalue weighted by Crippen LogP contribution is -1.85. The molecule has 0 aliphatic rings. The summed E-state index contributed by atoms with van der Waals surface area (Å²) in [6.45, 7) is 6.72. The number of furan rings is 1.